The van der Waals surface area contributed by atoms with Crippen LogP contribution in [-0.2, 0) is 6.54 Å². The number of aromatic nitrogens is 1. The molecule has 2 aromatic rings. The number of benzene rings is 1. The number of hydrogen-bond donors (Lipinski definition) is 1. The number of H-pyrrole nitrogens is 1. The number of azo groups is 2. The summed E-state index contributed by atoms with van der Waals surface area (Å²) < 4.78 is 1.81. The Morgan fingerprint density at radius 3 is 2.70 bits per heavy atom. The molecule has 1 aromatic carbocycles. The van der Waals surface area contributed by atoms with Crippen molar-refractivity contribution in [3.63, 3.8) is 0 Å². The van der Waals surface area contributed by atoms with E-state index in [1.54, 1.807) is 0 Å². The van der Waals surface area contributed by atoms with Gasteiger partial charge in [0.1, 0.15) is 12.1 Å². The highest BCUT2D eigenvalue weighted by atomic mass is 16.1. The number of anilines is 1. The number of pyridine rings is 1. The Kier molecular flexibility index (Phi) is 4.72. The maximum absolute atomic E-state index is 12.4. The fourth-order valence-corrected chi connectivity index (χ4v) is 4.71. The third-order valence-corrected chi connectivity index (χ3v) is 6.50. The van der Waals surface area contributed by atoms with Crippen molar-refractivity contribution in [1.82, 2.24) is 9.88 Å². The summed E-state index contributed by atoms with van der Waals surface area (Å²) in [5.41, 5.74) is 5.71. The number of allylic oxidation sites excluding steroid dienone is 1. The van der Waals surface area contributed by atoms with E-state index >= 15 is 0 Å². The normalized spacial score (nSPS) is 21.2. The van der Waals surface area contributed by atoms with Crippen LogP contribution in [0.2, 0.25) is 0 Å². The summed E-state index contributed by atoms with van der Waals surface area (Å²) in [6.07, 6.45) is 4.41. The van der Waals surface area contributed by atoms with Crippen molar-refractivity contribution in [3.8, 4) is 6.07 Å². The van der Waals surface area contributed by atoms with E-state index in [1.165, 1.54) is 11.3 Å². The van der Waals surface area contributed by atoms with Gasteiger partial charge in [0.2, 0.25) is 5.69 Å². The molecular weight excluding hydrogens is 376 g/mol. The van der Waals surface area contributed by atoms with Gasteiger partial charge in [-0.15, -0.1) is 0 Å². The third-order valence-electron chi connectivity index (χ3n) is 6.50. The molecule has 0 unspecified atom stereocenters. The van der Waals surface area contributed by atoms with Gasteiger partial charge in [-0.3, -0.25) is 9.69 Å². The predicted octanol–water partition coefficient (Wildman–Crippen LogP) is 2.85. The molecule has 30 heavy (non-hydrogen) atoms. The van der Waals surface area contributed by atoms with E-state index in [9.17, 15) is 4.79 Å². The molecule has 7 nitrogen and oxygen atoms in total. The second-order valence-corrected chi connectivity index (χ2v) is 8.18. The van der Waals surface area contributed by atoms with E-state index in [-0.39, 0.29) is 5.56 Å². The minimum absolute atomic E-state index is 0.0176. The molecule has 3 heterocycles. The first kappa shape index (κ1) is 18.8. The lowest BCUT2D eigenvalue weighted by Crippen LogP contribution is -2.49. The molecule has 1 aromatic heterocycles. The largest absolute Gasteiger partial charge is 0.369 e. The first-order valence-corrected chi connectivity index (χ1v) is 10.5. The molecule has 0 radical (unpaired) electrons. The fraction of sp³-hybridized carbons (Fsp3) is 0.391. The second-order valence-electron chi connectivity index (χ2n) is 8.18. The van der Waals surface area contributed by atoms with Gasteiger partial charge in [0.05, 0.1) is 17.3 Å². The zero-order valence-electron chi connectivity index (χ0n) is 17.1. The summed E-state index contributed by atoms with van der Waals surface area (Å²) in [7, 11) is 1.90. The van der Waals surface area contributed by atoms with Gasteiger partial charge in [0, 0.05) is 44.0 Å². The molecule has 152 valence electrons. The number of fused-ring (bicyclic) bond motifs is 1. The Bertz CT molecular complexity index is 1130. The quantitative estimate of drug-likeness (QED) is 0.802. The smallest absolute Gasteiger partial charge is 0.260 e. The van der Waals surface area contributed by atoms with Crippen molar-refractivity contribution < 1.29 is 4.70 Å². The number of nitriles is 1. The molecule has 2 aliphatic heterocycles. The van der Waals surface area contributed by atoms with Crippen molar-refractivity contribution in [2.45, 2.75) is 25.4 Å². The van der Waals surface area contributed by atoms with E-state index in [0.717, 1.165) is 56.0 Å². The van der Waals surface area contributed by atoms with Crippen LogP contribution in [-0.4, -0.2) is 53.8 Å². The summed E-state index contributed by atoms with van der Waals surface area (Å²) in [6, 6.07) is 12.5. The number of hydrogen-bond acceptors (Lipinski definition) is 5. The van der Waals surface area contributed by atoms with Crippen LogP contribution >= 0.6 is 0 Å². The van der Waals surface area contributed by atoms with Crippen molar-refractivity contribution in [2.75, 3.05) is 38.1 Å². The van der Waals surface area contributed by atoms with Crippen LogP contribution in [0.4, 0.5) is 11.4 Å². The number of nitrogens with zero attached hydrogens (tertiary/aromatic N) is 5. The predicted molar refractivity (Wildman–Crippen MR) is 115 cm³/mol. The van der Waals surface area contributed by atoms with E-state index in [2.05, 4.69) is 38.1 Å². The number of rotatable bonds is 3. The summed E-state index contributed by atoms with van der Waals surface area (Å²) in [6.45, 7) is 4.45. The highest BCUT2D eigenvalue weighted by Crippen LogP contribution is 2.33. The van der Waals surface area contributed by atoms with Gasteiger partial charge in [-0.05, 0) is 47.8 Å². The van der Waals surface area contributed by atoms with Crippen molar-refractivity contribution in [3.05, 3.63) is 63.6 Å². The highest BCUT2D eigenvalue weighted by molar-refractivity contribution is 5.67. The van der Waals surface area contributed by atoms with Crippen molar-refractivity contribution in [2.24, 2.45) is 5.11 Å². The third kappa shape index (κ3) is 3.33. The van der Waals surface area contributed by atoms with Gasteiger partial charge in [0.25, 0.3) is 5.56 Å². The number of piperazine rings is 1. The SMILES string of the molecule is C[N+]1=NCc2c1cc(C1=C[C@H](N3CCN(c4ccc(C#N)cc4)CC3)CC1)[nH]c2=O. The summed E-state index contributed by atoms with van der Waals surface area (Å²) in [5.74, 6) is 0. The van der Waals surface area contributed by atoms with Crippen LogP contribution < -0.4 is 10.5 Å². The van der Waals surface area contributed by atoms with Gasteiger partial charge in [-0.1, -0.05) is 10.8 Å². The minimum Gasteiger partial charge on any atom is -0.369 e. The molecule has 1 fully saturated rings. The molecule has 3 aliphatic rings. The molecule has 1 saturated heterocycles. The molecule has 1 aliphatic carbocycles. The Hall–Kier alpha value is -3.24. The van der Waals surface area contributed by atoms with Crippen LogP contribution in [0.25, 0.3) is 5.57 Å². The van der Waals surface area contributed by atoms with Crippen molar-refractivity contribution in [1.29, 1.82) is 5.26 Å². The lowest BCUT2D eigenvalue weighted by Gasteiger charge is -2.38. The number of aromatic amines is 1. The zero-order valence-corrected chi connectivity index (χ0v) is 17.1. The molecule has 0 bridgehead atoms. The Balaban J connectivity index is 1.27. The van der Waals surface area contributed by atoms with Crippen LogP contribution in [0.3, 0.4) is 0 Å². The van der Waals surface area contributed by atoms with Gasteiger partial charge in [-0.25, -0.2) is 0 Å². The van der Waals surface area contributed by atoms with Crippen LogP contribution in [0.15, 0.2) is 46.3 Å². The van der Waals surface area contributed by atoms with Gasteiger partial charge < -0.3 is 9.88 Å². The van der Waals surface area contributed by atoms with Gasteiger partial charge in [-0.2, -0.15) is 5.26 Å². The second kappa shape index (κ2) is 7.54. The average molecular weight is 401 g/mol. The molecule has 7 heteroatoms. The van der Waals surface area contributed by atoms with E-state index in [1.807, 2.05) is 36.0 Å². The Labute approximate surface area is 175 Å². The van der Waals surface area contributed by atoms with Crippen LogP contribution in [0.1, 0.15) is 29.7 Å². The maximum Gasteiger partial charge on any atom is 0.260 e. The fourth-order valence-electron chi connectivity index (χ4n) is 4.71. The molecule has 0 amide bonds. The highest BCUT2D eigenvalue weighted by Gasteiger charge is 2.29. The molecule has 1 N–H and O–H groups in total. The maximum atomic E-state index is 12.4. The van der Waals surface area contributed by atoms with E-state index < -0.39 is 0 Å². The Morgan fingerprint density at radius 2 is 1.97 bits per heavy atom. The minimum atomic E-state index is -0.0176. The Morgan fingerprint density at radius 1 is 1.20 bits per heavy atom. The van der Waals surface area contributed by atoms with Crippen LogP contribution in [0, 0.1) is 11.3 Å². The molecule has 5 rings (SSSR count). The lowest BCUT2D eigenvalue weighted by molar-refractivity contribution is -0.476. The number of nitrogens with one attached hydrogen (secondary N) is 1. The van der Waals surface area contributed by atoms with E-state index in [0.29, 0.717) is 18.2 Å². The standard InChI is InChI=1S/C23H24N6O/c1-27-22-13-21(26-23(30)20(22)15-25-27)17-4-7-19(12-17)29-10-8-28(9-11-29)18-5-2-16(14-24)3-6-18/h2-3,5-6,12-13,19H,4,7-11,15H2,1H3/p+1/t19-/m1/s1. The first-order valence-electron chi connectivity index (χ1n) is 10.5. The van der Waals surface area contributed by atoms with E-state index in [4.69, 9.17) is 5.26 Å². The molecule has 1 atom stereocenters. The average Bonchev–Trinajstić information content (AvgIpc) is 3.42. The lowest BCUT2D eigenvalue weighted by atomic mass is 10.1. The summed E-state index contributed by atoms with van der Waals surface area (Å²) >= 11 is 0. The van der Waals surface area contributed by atoms with Crippen molar-refractivity contribution >= 4 is 16.9 Å². The molecule has 0 saturated carbocycles. The topological polar surface area (TPSA) is 78.5 Å². The van der Waals surface area contributed by atoms with Crippen LogP contribution in [0.5, 0.6) is 0 Å². The van der Waals surface area contributed by atoms with Gasteiger partial charge >= 0.3 is 0 Å². The molecule has 0 spiro atoms. The first-order chi connectivity index (χ1) is 14.6. The summed E-state index contributed by atoms with van der Waals surface area (Å²) in [4.78, 5) is 20.4. The van der Waals surface area contributed by atoms with Gasteiger partial charge in [0.15, 0.2) is 7.05 Å². The zero-order chi connectivity index (χ0) is 20.7. The summed E-state index contributed by atoms with van der Waals surface area (Å²) in [5, 5.41) is 13.3. The monoisotopic (exact) mass is 401 g/mol. The molecular formula is C23H25N6O+.